The number of rotatable bonds is 7. The Labute approximate surface area is 161 Å². The SMILES string of the molecule is CC(C)OCCN1CCN(S(=O)(=O)c2cnc(-c3ccccc3)nc2)CC1. The third kappa shape index (κ3) is 5.10. The van der Waals surface area contributed by atoms with Gasteiger partial charge in [0, 0.05) is 38.3 Å². The highest BCUT2D eigenvalue weighted by Gasteiger charge is 2.29. The first-order chi connectivity index (χ1) is 13.0. The largest absolute Gasteiger partial charge is 0.377 e. The highest BCUT2D eigenvalue weighted by molar-refractivity contribution is 7.89. The third-order valence-electron chi connectivity index (χ3n) is 4.49. The Hall–Kier alpha value is -1.87. The minimum absolute atomic E-state index is 0.138. The Morgan fingerprint density at radius 3 is 2.26 bits per heavy atom. The summed E-state index contributed by atoms with van der Waals surface area (Å²) in [5, 5.41) is 0. The van der Waals surface area contributed by atoms with Crippen molar-refractivity contribution in [2.75, 3.05) is 39.3 Å². The van der Waals surface area contributed by atoms with E-state index < -0.39 is 10.0 Å². The molecule has 2 aromatic rings. The second-order valence-electron chi connectivity index (χ2n) is 6.77. The van der Waals surface area contributed by atoms with Gasteiger partial charge in [0.2, 0.25) is 10.0 Å². The molecule has 0 bridgehead atoms. The molecule has 1 fully saturated rings. The minimum Gasteiger partial charge on any atom is -0.377 e. The Bertz CT molecular complexity index is 818. The lowest BCUT2D eigenvalue weighted by Gasteiger charge is -2.33. The lowest BCUT2D eigenvalue weighted by Crippen LogP contribution is -2.49. The van der Waals surface area contributed by atoms with Crippen LogP contribution in [0.25, 0.3) is 11.4 Å². The van der Waals surface area contributed by atoms with Crippen LogP contribution in [0, 0.1) is 0 Å². The molecule has 0 radical (unpaired) electrons. The summed E-state index contributed by atoms with van der Waals surface area (Å²) in [6, 6.07) is 9.50. The summed E-state index contributed by atoms with van der Waals surface area (Å²) in [5.74, 6) is 0.518. The predicted molar refractivity (Wildman–Crippen MR) is 104 cm³/mol. The van der Waals surface area contributed by atoms with Gasteiger partial charge in [-0.2, -0.15) is 4.31 Å². The average Bonchev–Trinajstić information content (AvgIpc) is 2.69. The molecule has 1 aromatic heterocycles. The summed E-state index contributed by atoms with van der Waals surface area (Å²) >= 11 is 0. The molecule has 3 rings (SSSR count). The number of sulfonamides is 1. The van der Waals surface area contributed by atoms with Gasteiger partial charge in [-0.05, 0) is 13.8 Å². The Morgan fingerprint density at radius 1 is 1.04 bits per heavy atom. The maximum Gasteiger partial charge on any atom is 0.246 e. The van der Waals surface area contributed by atoms with Crippen LogP contribution in [0.2, 0.25) is 0 Å². The molecule has 0 saturated carbocycles. The predicted octanol–water partition coefficient (Wildman–Crippen LogP) is 1.87. The van der Waals surface area contributed by atoms with Crippen molar-refractivity contribution >= 4 is 10.0 Å². The second kappa shape index (κ2) is 8.88. The molecule has 1 aliphatic heterocycles. The van der Waals surface area contributed by atoms with Gasteiger partial charge in [0.15, 0.2) is 5.82 Å². The monoisotopic (exact) mass is 390 g/mol. The Morgan fingerprint density at radius 2 is 1.67 bits per heavy atom. The molecule has 0 atom stereocenters. The number of benzene rings is 1. The maximum atomic E-state index is 12.8. The van der Waals surface area contributed by atoms with Gasteiger partial charge in [-0.1, -0.05) is 30.3 Å². The van der Waals surface area contributed by atoms with Crippen molar-refractivity contribution in [2.45, 2.75) is 24.8 Å². The van der Waals surface area contributed by atoms with Crippen molar-refractivity contribution in [1.29, 1.82) is 0 Å². The highest BCUT2D eigenvalue weighted by atomic mass is 32.2. The molecule has 1 saturated heterocycles. The summed E-state index contributed by atoms with van der Waals surface area (Å²) in [6.07, 6.45) is 3.01. The number of nitrogens with zero attached hydrogens (tertiary/aromatic N) is 4. The minimum atomic E-state index is -3.57. The topological polar surface area (TPSA) is 75.6 Å². The van der Waals surface area contributed by atoms with Crippen molar-refractivity contribution in [3.63, 3.8) is 0 Å². The molecule has 0 aliphatic carbocycles. The van der Waals surface area contributed by atoms with Crippen molar-refractivity contribution in [1.82, 2.24) is 19.2 Å². The van der Waals surface area contributed by atoms with Gasteiger partial charge in [-0.25, -0.2) is 18.4 Å². The van der Waals surface area contributed by atoms with Crippen LogP contribution in [0.3, 0.4) is 0 Å². The van der Waals surface area contributed by atoms with Gasteiger partial charge in [-0.3, -0.25) is 4.90 Å². The molecule has 146 valence electrons. The molecular formula is C19H26N4O3S. The normalized spacial score (nSPS) is 16.7. The number of piperazine rings is 1. The molecule has 0 amide bonds. The van der Waals surface area contributed by atoms with Gasteiger partial charge in [-0.15, -0.1) is 0 Å². The summed E-state index contributed by atoms with van der Waals surface area (Å²) in [6.45, 7) is 7.83. The molecule has 2 heterocycles. The average molecular weight is 391 g/mol. The van der Waals surface area contributed by atoms with E-state index in [2.05, 4.69) is 14.9 Å². The van der Waals surface area contributed by atoms with E-state index in [1.165, 1.54) is 16.7 Å². The Balaban J connectivity index is 1.60. The molecule has 0 spiro atoms. The quantitative estimate of drug-likeness (QED) is 0.718. The van der Waals surface area contributed by atoms with E-state index in [1.54, 1.807) is 0 Å². The molecule has 8 heteroatoms. The third-order valence-corrected chi connectivity index (χ3v) is 6.34. The standard InChI is InChI=1S/C19H26N4O3S/c1-16(2)26-13-12-22-8-10-23(11-9-22)27(24,25)18-14-20-19(21-15-18)17-6-4-3-5-7-17/h3-7,14-16H,8-13H2,1-2H3. The number of hydrogen-bond donors (Lipinski definition) is 0. The summed E-state index contributed by atoms with van der Waals surface area (Å²) in [5.41, 5.74) is 0.860. The van der Waals surface area contributed by atoms with Crippen molar-refractivity contribution in [3.8, 4) is 11.4 Å². The van der Waals surface area contributed by atoms with Gasteiger partial charge in [0.1, 0.15) is 4.90 Å². The van der Waals surface area contributed by atoms with Crippen molar-refractivity contribution < 1.29 is 13.2 Å². The number of aromatic nitrogens is 2. The Kier molecular flexibility index (Phi) is 6.54. The van der Waals surface area contributed by atoms with Crippen LogP contribution in [-0.4, -0.2) is 73.0 Å². The van der Waals surface area contributed by atoms with Crippen molar-refractivity contribution in [3.05, 3.63) is 42.7 Å². The number of hydrogen-bond acceptors (Lipinski definition) is 6. The lowest BCUT2D eigenvalue weighted by atomic mass is 10.2. The zero-order valence-electron chi connectivity index (χ0n) is 15.8. The highest BCUT2D eigenvalue weighted by Crippen LogP contribution is 2.19. The first-order valence-electron chi connectivity index (χ1n) is 9.18. The van der Waals surface area contributed by atoms with Crippen LogP contribution in [-0.2, 0) is 14.8 Å². The van der Waals surface area contributed by atoms with Crippen LogP contribution in [0.1, 0.15) is 13.8 Å². The molecule has 0 unspecified atom stereocenters. The molecule has 1 aliphatic rings. The first-order valence-corrected chi connectivity index (χ1v) is 10.6. The van der Waals surface area contributed by atoms with Gasteiger partial charge in [0.25, 0.3) is 0 Å². The van der Waals surface area contributed by atoms with E-state index in [4.69, 9.17) is 4.74 Å². The fourth-order valence-corrected chi connectivity index (χ4v) is 4.26. The van der Waals surface area contributed by atoms with Crippen molar-refractivity contribution in [2.24, 2.45) is 0 Å². The molecular weight excluding hydrogens is 364 g/mol. The molecule has 27 heavy (non-hydrogen) atoms. The van der Waals surface area contributed by atoms with Gasteiger partial charge >= 0.3 is 0 Å². The van der Waals surface area contributed by atoms with Crippen LogP contribution >= 0.6 is 0 Å². The van der Waals surface area contributed by atoms with Crippen LogP contribution in [0.15, 0.2) is 47.6 Å². The number of ether oxygens (including phenoxy) is 1. The lowest BCUT2D eigenvalue weighted by molar-refractivity contribution is 0.0521. The van der Waals surface area contributed by atoms with Crippen LogP contribution in [0.4, 0.5) is 0 Å². The van der Waals surface area contributed by atoms with Crippen LogP contribution < -0.4 is 0 Å². The fourth-order valence-electron chi connectivity index (χ4n) is 2.95. The van der Waals surface area contributed by atoms with Gasteiger partial charge < -0.3 is 4.74 Å². The second-order valence-corrected chi connectivity index (χ2v) is 8.71. The van der Waals surface area contributed by atoms with E-state index in [0.29, 0.717) is 38.6 Å². The molecule has 0 N–H and O–H groups in total. The zero-order chi connectivity index (χ0) is 19.3. The maximum absolute atomic E-state index is 12.8. The van der Waals surface area contributed by atoms with Gasteiger partial charge in [0.05, 0.1) is 25.1 Å². The van der Waals surface area contributed by atoms with E-state index in [-0.39, 0.29) is 11.0 Å². The van der Waals surface area contributed by atoms with E-state index in [9.17, 15) is 8.42 Å². The van der Waals surface area contributed by atoms with E-state index >= 15 is 0 Å². The first kappa shape index (κ1) is 19.9. The van der Waals surface area contributed by atoms with Crippen LogP contribution in [0.5, 0.6) is 0 Å². The summed E-state index contributed by atoms with van der Waals surface area (Å²) < 4.78 is 32.8. The molecule has 1 aromatic carbocycles. The summed E-state index contributed by atoms with van der Waals surface area (Å²) in [4.78, 5) is 10.8. The fraction of sp³-hybridized carbons (Fsp3) is 0.474. The smallest absolute Gasteiger partial charge is 0.246 e. The van der Waals surface area contributed by atoms with E-state index in [0.717, 1.165) is 12.1 Å². The van der Waals surface area contributed by atoms with E-state index in [1.807, 2.05) is 44.2 Å². The summed E-state index contributed by atoms with van der Waals surface area (Å²) in [7, 11) is -3.57. The zero-order valence-corrected chi connectivity index (χ0v) is 16.6. The molecule has 7 nitrogen and oxygen atoms in total.